The van der Waals surface area contributed by atoms with Gasteiger partial charge in [-0.2, -0.15) is 0 Å². The second kappa shape index (κ2) is 5.67. The number of hydrogen-bond donors (Lipinski definition) is 1. The maximum Gasteiger partial charge on any atom is 0.146 e. The van der Waals surface area contributed by atoms with Gasteiger partial charge < -0.3 is 9.88 Å². The Balaban J connectivity index is 2.04. The summed E-state index contributed by atoms with van der Waals surface area (Å²) in [6, 6.07) is 5.20. The Hall–Kier alpha value is -1.84. The lowest BCUT2D eigenvalue weighted by molar-refractivity contribution is 0.625. The monoisotopic (exact) mass is 247 g/mol. The van der Waals surface area contributed by atoms with Crippen molar-refractivity contribution in [3.05, 3.63) is 47.8 Å². The third kappa shape index (κ3) is 2.88. The van der Waals surface area contributed by atoms with Crippen LogP contribution in [-0.2, 0) is 13.1 Å². The van der Waals surface area contributed by atoms with Crippen LogP contribution in [0, 0.1) is 12.7 Å². The van der Waals surface area contributed by atoms with Crippen molar-refractivity contribution in [2.45, 2.75) is 33.4 Å². The van der Waals surface area contributed by atoms with Gasteiger partial charge in [0.05, 0.1) is 24.3 Å². The van der Waals surface area contributed by atoms with Gasteiger partial charge >= 0.3 is 0 Å². The zero-order valence-electron chi connectivity index (χ0n) is 10.8. The van der Waals surface area contributed by atoms with Gasteiger partial charge in [0, 0.05) is 12.7 Å². The summed E-state index contributed by atoms with van der Waals surface area (Å²) in [4.78, 5) is 4.12. The van der Waals surface area contributed by atoms with Crippen LogP contribution in [0.2, 0.25) is 0 Å². The highest BCUT2D eigenvalue weighted by Crippen LogP contribution is 2.16. The van der Waals surface area contributed by atoms with E-state index < -0.39 is 0 Å². The van der Waals surface area contributed by atoms with Crippen LogP contribution >= 0.6 is 0 Å². The Morgan fingerprint density at radius 3 is 2.94 bits per heavy atom. The van der Waals surface area contributed by atoms with Gasteiger partial charge in [0.2, 0.25) is 0 Å². The molecule has 1 heterocycles. The van der Waals surface area contributed by atoms with Crippen LogP contribution in [0.5, 0.6) is 0 Å². The molecule has 0 saturated heterocycles. The normalized spacial score (nSPS) is 10.6. The second-order valence-corrected chi connectivity index (χ2v) is 4.42. The molecule has 2 rings (SSSR count). The standard InChI is InChI=1S/C14H18FN3/c1-3-6-18-10-16-8-12(18)9-17-14-5-4-11(2)7-13(14)15/h4-5,7-8,10,17H,3,6,9H2,1-2H3. The van der Waals surface area contributed by atoms with Crippen molar-refractivity contribution < 1.29 is 4.39 Å². The predicted molar refractivity (Wildman–Crippen MR) is 71.0 cm³/mol. The molecule has 0 aliphatic heterocycles. The summed E-state index contributed by atoms with van der Waals surface area (Å²) in [5.74, 6) is -0.212. The minimum Gasteiger partial charge on any atom is -0.377 e. The van der Waals surface area contributed by atoms with E-state index in [2.05, 4.69) is 21.8 Å². The largest absolute Gasteiger partial charge is 0.377 e. The van der Waals surface area contributed by atoms with Gasteiger partial charge in [0.15, 0.2) is 0 Å². The number of nitrogens with zero attached hydrogens (tertiary/aromatic N) is 2. The SMILES string of the molecule is CCCn1cncc1CNc1ccc(C)cc1F. The van der Waals surface area contributed by atoms with Crippen molar-refractivity contribution in [2.75, 3.05) is 5.32 Å². The molecule has 0 unspecified atom stereocenters. The first kappa shape index (κ1) is 12.6. The van der Waals surface area contributed by atoms with E-state index in [4.69, 9.17) is 0 Å². The van der Waals surface area contributed by atoms with E-state index >= 15 is 0 Å². The van der Waals surface area contributed by atoms with Gasteiger partial charge in [-0.15, -0.1) is 0 Å². The molecule has 2 aromatic rings. The molecule has 0 amide bonds. The molecule has 3 nitrogen and oxygen atoms in total. The van der Waals surface area contributed by atoms with E-state index in [0.29, 0.717) is 12.2 Å². The average Bonchev–Trinajstić information content (AvgIpc) is 2.76. The lowest BCUT2D eigenvalue weighted by atomic mass is 10.2. The van der Waals surface area contributed by atoms with Crippen molar-refractivity contribution in [1.29, 1.82) is 0 Å². The molecule has 0 radical (unpaired) electrons. The van der Waals surface area contributed by atoms with Crippen molar-refractivity contribution in [2.24, 2.45) is 0 Å². The molecule has 0 saturated carbocycles. The van der Waals surface area contributed by atoms with Crippen LogP contribution in [0.25, 0.3) is 0 Å². The fraction of sp³-hybridized carbons (Fsp3) is 0.357. The minimum absolute atomic E-state index is 0.212. The first-order chi connectivity index (χ1) is 8.70. The molecule has 1 aromatic heterocycles. The Kier molecular flexibility index (Phi) is 3.97. The number of aryl methyl sites for hydroxylation is 2. The Bertz CT molecular complexity index is 520. The Morgan fingerprint density at radius 2 is 2.22 bits per heavy atom. The summed E-state index contributed by atoms with van der Waals surface area (Å²) in [7, 11) is 0. The van der Waals surface area contributed by atoms with E-state index in [0.717, 1.165) is 24.2 Å². The first-order valence-corrected chi connectivity index (χ1v) is 6.19. The van der Waals surface area contributed by atoms with E-state index in [1.54, 1.807) is 6.07 Å². The van der Waals surface area contributed by atoms with Crippen LogP contribution in [0.3, 0.4) is 0 Å². The average molecular weight is 247 g/mol. The fourth-order valence-corrected chi connectivity index (χ4v) is 1.89. The van der Waals surface area contributed by atoms with Gasteiger partial charge in [0.1, 0.15) is 5.82 Å². The third-order valence-corrected chi connectivity index (χ3v) is 2.85. The quantitative estimate of drug-likeness (QED) is 0.878. The van der Waals surface area contributed by atoms with Crippen LogP contribution in [-0.4, -0.2) is 9.55 Å². The van der Waals surface area contributed by atoms with E-state index in [9.17, 15) is 4.39 Å². The zero-order valence-corrected chi connectivity index (χ0v) is 10.8. The maximum absolute atomic E-state index is 13.6. The highest BCUT2D eigenvalue weighted by atomic mass is 19.1. The molecule has 1 aromatic carbocycles. The van der Waals surface area contributed by atoms with Crippen molar-refractivity contribution in [3.63, 3.8) is 0 Å². The summed E-state index contributed by atoms with van der Waals surface area (Å²) in [5, 5.41) is 3.11. The minimum atomic E-state index is -0.212. The number of anilines is 1. The number of nitrogens with one attached hydrogen (secondary N) is 1. The molecule has 4 heteroatoms. The fourth-order valence-electron chi connectivity index (χ4n) is 1.89. The summed E-state index contributed by atoms with van der Waals surface area (Å²) in [6.07, 6.45) is 4.68. The third-order valence-electron chi connectivity index (χ3n) is 2.85. The zero-order chi connectivity index (χ0) is 13.0. The number of benzene rings is 1. The molecule has 0 aliphatic rings. The molecule has 1 N–H and O–H groups in total. The number of rotatable bonds is 5. The summed E-state index contributed by atoms with van der Waals surface area (Å²) >= 11 is 0. The first-order valence-electron chi connectivity index (χ1n) is 6.19. The number of hydrogen-bond acceptors (Lipinski definition) is 2. The Labute approximate surface area is 107 Å². The predicted octanol–water partition coefficient (Wildman–Crippen LogP) is 3.35. The number of aromatic nitrogens is 2. The van der Waals surface area contributed by atoms with E-state index in [1.165, 1.54) is 6.07 Å². The van der Waals surface area contributed by atoms with Gasteiger partial charge in [-0.25, -0.2) is 9.37 Å². The summed E-state index contributed by atoms with van der Waals surface area (Å²) < 4.78 is 15.7. The maximum atomic E-state index is 13.6. The molecule has 0 bridgehead atoms. The van der Waals surface area contributed by atoms with E-state index in [1.807, 2.05) is 25.5 Å². The van der Waals surface area contributed by atoms with Crippen molar-refractivity contribution >= 4 is 5.69 Å². The molecular formula is C14H18FN3. The molecule has 96 valence electrons. The van der Waals surface area contributed by atoms with Gasteiger partial charge in [0.25, 0.3) is 0 Å². The smallest absolute Gasteiger partial charge is 0.146 e. The lowest BCUT2D eigenvalue weighted by Gasteiger charge is -2.10. The lowest BCUT2D eigenvalue weighted by Crippen LogP contribution is -2.07. The van der Waals surface area contributed by atoms with Crippen LogP contribution in [0.4, 0.5) is 10.1 Å². The highest BCUT2D eigenvalue weighted by molar-refractivity contribution is 5.46. The topological polar surface area (TPSA) is 29.9 Å². The molecule has 0 aliphatic carbocycles. The van der Waals surface area contributed by atoms with Gasteiger partial charge in [-0.3, -0.25) is 0 Å². The molecule has 18 heavy (non-hydrogen) atoms. The van der Waals surface area contributed by atoms with Gasteiger partial charge in [-0.1, -0.05) is 13.0 Å². The van der Waals surface area contributed by atoms with Crippen LogP contribution in [0.1, 0.15) is 24.6 Å². The van der Waals surface area contributed by atoms with E-state index in [-0.39, 0.29) is 5.82 Å². The summed E-state index contributed by atoms with van der Waals surface area (Å²) in [6.45, 7) is 5.52. The molecular weight excluding hydrogens is 229 g/mol. The van der Waals surface area contributed by atoms with Crippen molar-refractivity contribution in [3.8, 4) is 0 Å². The highest BCUT2D eigenvalue weighted by Gasteiger charge is 2.04. The molecule has 0 spiro atoms. The molecule has 0 atom stereocenters. The van der Waals surface area contributed by atoms with Crippen molar-refractivity contribution in [1.82, 2.24) is 9.55 Å². The number of halogens is 1. The van der Waals surface area contributed by atoms with Crippen LogP contribution in [0.15, 0.2) is 30.7 Å². The Morgan fingerprint density at radius 1 is 1.39 bits per heavy atom. The van der Waals surface area contributed by atoms with Crippen LogP contribution < -0.4 is 5.32 Å². The summed E-state index contributed by atoms with van der Waals surface area (Å²) in [5.41, 5.74) is 2.52. The number of imidazole rings is 1. The molecule has 0 fully saturated rings. The van der Waals surface area contributed by atoms with Gasteiger partial charge in [-0.05, 0) is 31.0 Å². The second-order valence-electron chi connectivity index (χ2n) is 4.42.